The average molecular weight is 345 g/mol. The minimum atomic E-state index is 0. The molecule has 0 amide bonds. The molecule has 0 heterocycles. The van der Waals surface area contributed by atoms with E-state index in [9.17, 15) is 0 Å². The SMILES string of the molecule is CN(C)Cc1cccc(Sc2ccccc2CN)c1.Cl.Cl. The zero-order chi connectivity index (χ0) is 13.7. The second-order valence-corrected chi connectivity index (χ2v) is 5.91. The van der Waals surface area contributed by atoms with Crippen LogP contribution in [-0.4, -0.2) is 19.0 Å². The summed E-state index contributed by atoms with van der Waals surface area (Å²) in [5.41, 5.74) is 8.31. The summed E-state index contributed by atoms with van der Waals surface area (Å²) >= 11 is 1.78. The quantitative estimate of drug-likeness (QED) is 0.881. The number of hydrogen-bond acceptors (Lipinski definition) is 3. The monoisotopic (exact) mass is 344 g/mol. The van der Waals surface area contributed by atoms with Crippen LogP contribution in [0.3, 0.4) is 0 Å². The molecule has 0 saturated heterocycles. The first-order valence-electron chi connectivity index (χ1n) is 6.38. The molecule has 5 heteroatoms. The maximum absolute atomic E-state index is 5.78. The van der Waals surface area contributed by atoms with Gasteiger partial charge in [-0.25, -0.2) is 0 Å². The third-order valence-electron chi connectivity index (χ3n) is 2.82. The normalized spacial score (nSPS) is 9.90. The van der Waals surface area contributed by atoms with E-state index in [0.717, 1.165) is 6.54 Å². The topological polar surface area (TPSA) is 29.3 Å². The highest BCUT2D eigenvalue weighted by molar-refractivity contribution is 7.99. The van der Waals surface area contributed by atoms with Gasteiger partial charge in [0.15, 0.2) is 0 Å². The van der Waals surface area contributed by atoms with Crippen molar-refractivity contribution < 1.29 is 0 Å². The highest BCUT2D eigenvalue weighted by atomic mass is 35.5. The average Bonchev–Trinajstić information content (AvgIpc) is 2.39. The van der Waals surface area contributed by atoms with Gasteiger partial charge in [0.1, 0.15) is 0 Å². The Hall–Kier alpha value is -0.710. The smallest absolute Gasteiger partial charge is 0.0228 e. The standard InChI is InChI=1S/C16H20N2S.2ClH/c1-18(2)12-13-6-5-8-15(10-13)19-16-9-4-3-7-14(16)11-17;;/h3-10H,11-12,17H2,1-2H3;2*1H. The van der Waals surface area contributed by atoms with Crippen molar-refractivity contribution in [1.82, 2.24) is 4.90 Å². The minimum absolute atomic E-state index is 0. The van der Waals surface area contributed by atoms with E-state index >= 15 is 0 Å². The molecule has 0 aliphatic rings. The number of hydrogen-bond donors (Lipinski definition) is 1. The fourth-order valence-electron chi connectivity index (χ4n) is 1.97. The van der Waals surface area contributed by atoms with Crippen molar-refractivity contribution in [3.05, 3.63) is 59.7 Å². The van der Waals surface area contributed by atoms with E-state index in [-0.39, 0.29) is 24.8 Å². The van der Waals surface area contributed by atoms with E-state index in [0.29, 0.717) is 6.54 Å². The first-order chi connectivity index (χ1) is 9.19. The molecule has 0 saturated carbocycles. The van der Waals surface area contributed by atoms with Gasteiger partial charge >= 0.3 is 0 Å². The molecular formula is C16H22Cl2N2S. The Morgan fingerprint density at radius 1 is 1.00 bits per heavy atom. The molecule has 0 aliphatic heterocycles. The molecule has 2 rings (SSSR count). The van der Waals surface area contributed by atoms with Gasteiger partial charge in [0.2, 0.25) is 0 Å². The van der Waals surface area contributed by atoms with E-state index in [4.69, 9.17) is 5.73 Å². The molecule has 0 radical (unpaired) electrons. The van der Waals surface area contributed by atoms with Crippen molar-refractivity contribution in [2.45, 2.75) is 22.9 Å². The first kappa shape index (κ1) is 20.3. The second kappa shape index (κ2) is 10.1. The molecule has 2 aromatic rings. The summed E-state index contributed by atoms with van der Waals surface area (Å²) in [6.45, 7) is 1.55. The van der Waals surface area contributed by atoms with Gasteiger partial charge in [0, 0.05) is 22.9 Å². The van der Waals surface area contributed by atoms with Crippen LogP contribution in [0.1, 0.15) is 11.1 Å². The van der Waals surface area contributed by atoms with Gasteiger partial charge in [-0.3, -0.25) is 0 Å². The first-order valence-corrected chi connectivity index (χ1v) is 7.20. The van der Waals surface area contributed by atoms with Crippen LogP contribution < -0.4 is 5.73 Å². The predicted molar refractivity (Wildman–Crippen MR) is 96.8 cm³/mol. The lowest BCUT2D eigenvalue weighted by atomic mass is 10.2. The van der Waals surface area contributed by atoms with E-state index in [1.165, 1.54) is 20.9 Å². The van der Waals surface area contributed by atoms with Crippen molar-refractivity contribution in [1.29, 1.82) is 0 Å². The highest BCUT2D eigenvalue weighted by Gasteiger charge is 2.03. The lowest BCUT2D eigenvalue weighted by Crippen LogP contribution is -2.10. The van der Waals surface area contributed by atoms with Crippen molar-refractivity contribution in [2.75, 3.05) is 14.1 Å². The number of halogens is 2. The lowest BCUT2D eigenvalue weighted by Gasteiger charge is -2.11. The zero-order valence-electron chi connectivity index (χ0n) is 12.3. The largest absolute Gasteiger partial charge is 0.326 e. The molecule has 0 aromatic heterocycles. The van der Waals surface area contributed by atoms with Gasteiger partial charge in [-0.1, -0.05) is 42.1 Å². The van der Waals surface area contributed by atoms with Gasteiger partial charge < -0.3 is 10.6 Å². The Labute approximate surface area is 143 Å². The number of benzene rings is 2. The van der Waals surface area contributed by atoms with E-state index in [2.05, 4.69) is 61.5 Å². The summed E-state index contributed by atoms with van der Waals surface area (Å²) < 4.78 is 0. The fourth-order valence-corrected chi connectivity index (χ4v) is 3.01. The van der Waals surface area contributed by atoms with Crippen molar-refractivity contribution in [3.63, 3.8) is 0 Å². The summed E-state index contributed by atoms with van der Waals surface area (Å²) in [7, 11) is 4.17. The Bertz CT molecular complexity index is 547. The molecular weight excluding hydrogens is 323 g/mol. The maximum Gasteiger partial charge on any atom is 0.0228 e. The van der Waals surface area contributed by atoms with Crippen molar-refractivity contribution in [2.24, 2.45) is 5.73 Å². The summed E-state index contributed by atoms with van der Waals surface area (Å²) in [5.74, 6) is 0. The molecule has 0 atom stereocenters. The zero-order valence-corrected chi connectivity index (χ0v) is 14.7. The van der Waals surface area contributed by atoms with Crippen LogP contribution in [0.25, 0.3) is 0 Å². The second-order valence-electron chi connectivity index (χ2n) is 4.80. The summed E-state index contributed by atoms with van der Waals surface area (Å²) in [4.78, 5) is 4.68. The van der Waals surface area contributed by atoms with E-state index in [1.54, 1.807) is 11.8 Å². The molecule has 116 valence electrons. The number of nitrogens with two attached hydrogens (primary N) is 1. The molecule has 2 aromatic carbocycles. The Morgan fingerprint density at radius 3 is 2.38 bits per heavy atom. The van der Waals surface area contributed by atoms with Gasteiger partial charge in [0.25, 0.3) is 0 Å². The summed E-state index contributed by atoms with van der Waals surface area (Å²) in [6.07, 6.45) is 0. The third-order valence-corrected chi connectivity index (χ3v) is 3.93. The third kappa shape index (κ3) is 6.29. The van der Waals surface area contributed by atoms with Crippen LogP contribution in [0.4, 0.5) is 0 Å². The Balaban J connectivity index is 0.00000200. The summed E-state index contributed by atoms with van der Waals surface area (Å²) in [5, 5.41) is 0. The van der Waals surface area contributed by atoms with Crippen molar-refractivity contribution >= 4 is 36.6 Å². The molecule has 21 heavy (non-hydrogen) atoms. The lowest BCUT2D eigenvalue weighted by molar-refractivity contribution is 0.402. The van der Waals surface area contributed by atoms with Crippen LogP contribution in [0, 0.1) is 0 Å². The molecule has 2 N–H and O–H groups in total. The van der Waals surface area contributed by atoms with Gasteiger partial charge in [-0.15, -0.1) is 24.8 Å². The maximum atomic E-state index is 5.78. The summed E-state index contributed by atoms with van der Waals surface area (Å²) in [6, 6.07) is 17.0. The molecule has 0 unspecified atom stereocenters. The molecule has 0 spiro atoms. The number of rotatable bonds is 5. The molecule has 2 nitrogen and oxygen atoms in total. The van der Waals surface area contributed by atoms with Gasteiger partial charge in [0.05, 0.1) is 0 Å². The fraction of sp³-hybridized carbons (Fsp3) is 0.250. The molecule has 0 bridgehead atoms. The molecule has 0 aliphatic carbocycles. The van der Waals surface area contributed by atoms with Gasteiger partial charge in [-0.05, 0) is 43.4 Å². The Morgan fingerprint density at radius 2 is 1.71 bits per heavy atom. The van der Waals surface area contributed by atoms with Gasteiger partial charge in [-0.2, -0.15) is 0 Å². The Kier molecular flexibility index (Phi) is 9.75. The van der Waals surface area contributed by atoms with E-state index < -0.39 is 0 Å². The van der Waals surface area contributed by atoms with Crippen LogP contribution in [-0.2, 0) is 13.1 Å². The minimum Gasteiger partial charge on any atom is -0.326 e. The van der Waals surface area contributed by atoms with Crippen LogP contribution in [0.15, 0.2) is 58.3 Å². The predicted octanol–water partition coefficient (Wildman–Crippen LogP) is 4.20. The van der Waals surface area contributed by atoms with Crippen LogP contribution in [0.2, 0.25) is 0 Å². The number of nitrogens with zero attached hydrogens (tertiary/aromatic N) is 1. The highest BCUT2D eigenvalue weighted by Crippen LogP contribution is 2.30. The molecule has 0 fully saturated rings. The van der Waals surface area contributed by atoms with E-state index in [1.807, 2.05) is 6.07 Å². The van der Waals surface area contributed by atoms with Crippen LogP contribution >= 0.6 is 36.6 Å². The van der Waals surface area contributed by atoms with Crippen molar-refractivity contribution in [3.8, 4) is 0 Å². The van der Waals surface area contributed by atoms with Crippen LogP contribution in [0.5, 0.6) is 0 Å².